The van der Waals surface area contributed by atoms with Crippen LogP contribution in [0.4, 0.5) is 0 Å². The molecule has 9 aromatic rings. The molecule has 0 saturated heterocycles. The second-order valence-electron chi connectivity index (χ2n) is 11.8. The molecule has 0 amide bonds. The van der Waals surface area contributed by atoms with E-state index in [4.69, 9.17) is 14.4 Å². The Balaban J connectivity index is 1.16. The lowest BCUT2D eigenvalue weighted by Crippen LogP contribution is -1.94. The average Bonchev–Trinajstić information content (AvgIpc) is 3.51. The van der Waals surface area contributed by atoms with E-state index in [0.29, 0.717) is 11.4 Å². The van der Waals surface area contributed by atoms with Gasteiger partial charge in [-0.2, -0.15) is 0 Å². The van der Waals surface area contributed by atoms with Crippen molar-refractivity contribution >= 4 is 32.8 Å². The lowest BCUT2D eigenvalue weighted by atomic mass is 9.96. The van der Waals surface area contributed by atoms with Gasteiger partial charge in [0.25, 0.3) is 0 Å². The molecule has 0 bridgehead atoms. The molecule has 0 atom stereocenters. The smallest absolute Gasteiger partial charge is 0.180 e. The fourth-order valence-electron chi connectivity index (χ4n) is 6.45. The van der Waals surface area contributed by atoms with Crippen molar-refractivity contribution in [2.75, 3.05) is 0 Å². The van der Waals surface area contributed by atoms with Crippen LogP contribution in [0.2, 0.25) is 0 Å². The highest BCUT2D eigenvalue weighted by molar-refractivity contribution is 6.11. The van der Waals surface area contributed by atoms with Crippen LogP contribution in [0.3, 0.4) is 0 Å². The van der Waals surface area contributed by atoms with Crippen molar-refractivity contribution in [1.29, 1.82) is 0 Å². The van der Waals surface area contributed by atoms with E-state index < -0.39 is 0 Å². The molecule has 0 N–H and O–H groups in total. The van der Waals surface area contributed by atoms with E-state index in [1.165, 1.54) is 22.3 Å². The molecule has 0 fully saturated rings. The fraction of sp³-hybridized carbons (Fsp3) is 0. The fourth-order valence-corrected chi connectivity index (χ4v) is 6.45. The Morgan fingerprint density at radius 1 is 0.362 bits per heavy atom. The van der Waals surface area contributed by atoms with Crippen molar-refractivity contribution in [1.82, 2.24) is 9.97 Å². The topological polar surface area (TPSA) is 38.9 Å². The van der Waals surface area contributed by atoms with Gasteiger partial charge in [-0.15, -0.1) is 0 Å². The molecule has 9 rings (SSSR count). The van der Waals surface area contributed by atoms with Crippen LogP contribution in [0.15, 0.2) is 174 Å². The van der Waals surface area contributed by atoms with Gasteiger partial charge in [-0.1, -0.05) is 146 Å². The van der Waals surface area contributed by atoms with Gasteiger partial charge in [-0.25, -0.2) is 9.97 Å². The third kappa shape index (κ3) is 4.95. The van der Waals surface area contributed by atoms with E-state index in [1.807, 2.05) is 24.3 Å². The van der Waals surface area contributed by atoms with Crippen molar-refractivity contribution in [2.24, 2.45) is 0 Å². The van der Waals surface area contributed by atoms with Crippen LogP contribution >= 0.6 is 0 Å². The molecule has 0 aliphatic heterocycles. The molecular weight excluding hydrogens is 572 g/mol. The molecule has 3 nitrogen and oxygen atoms in total. The Morgan fingerprint density at radius 3 is 1.53 bits per heavy atom. The summed E-state index contributed by atoms with van der Waals surface area (Å²) in [5.41, 5.74) is 12.1. The van der Waals surface area contributed by atoms with Gasteiger partial charge in [-0.3, -0.25) is 0 Å². The second-order valence-corrected chi connectivity index (χ2v) is 11.8. The molecule has 0 unspecified atom stereocenters. The minimum absolute atomic E-state index is 0.676. The molecule has 3 heteroatoms. The van der Waals surface area contributed by atoms with Crippen molar-refractivity contribution in [2.45, 2.75) is 0 Å². The first kappa shape index (κ1) is 27.0. The molecule has 0 radical (unpaired) electrons. The zero-order valence-corrected chi connectivity index (χ0v) is 25.5. The number of nitrogens with zero attached hydrogens (tertiary/aromatic N) is 2. The van der Waals surface area contributed by atoms with E-state index in [1.54, 1.807) is 0 Å². The number of aromatic nitrogens is 2. The van der Waals surface area contributed by atoms with Crippen LogP contribution in [0.25, 0.3) is 88.9 Å². The second kappa shape index (κ2) is 11.2. The largest absolute Gasteiger partial charge is 0.452 e. The van der Waals surface area contributed by atoms with Crippen LogP contribution in [-0.2, 0) is 0 Å². The Hall–Kier alpha value is -6.32. The Morgan fingerprint density at radius 2 is 0.851 bits per heavy atom. The number of fused-ring (bicyclic) bond motifs is 4. The summed E-state index contributed by atoms with van der Waals surface area (Å²) in [5, 5.41) is 3.27. The highest BCUT2D eigenvalue weighted by Gasteiger charge is 2.19. The first-order chi connectivity index (χ1) is 23.3. The highest BCUT2D eigenvalue weighted by atomic mass is 16.3. The summed E-state index contributed by atoms with van der Waals surface area (Å²) in [4.78, 5) is 10.2. The number of hydrogen-bond acceptors (Lipinski definition) is 3. The number of benzene rings is 7. The van der Waals surface area contributed by atoms with Crippen LogP contribution in [-0.4, -0.2) is 9.97 Å². The molecule has 220 valence electrons. The third-order valence-corrected chi connectivity index (χ3v) is 8.87. The maximum Gasteiger partial charge on any atom is 0.180 e. The van der Waals surface area contributed by atoms with Gasteiger partial charge in [0.05, 0.1) is 0 Å². The average molecular weight is 601 g/mol. The van der Waals surface area contributed by atoms with Gasteiger partial charge >= 0.3 is 0 Å². The Labute approximate surface area is 272 Å². The lowest BCUT2D eigenvalue weighted by molar-refractivity contribution is 0.668. The van der Waals surface area contributed by atoms with Crippen LogP contribution in [0, 0.1) is 0 Å². The van der Waals surface area contributed by atoms with Crippen LogP contribution < -0.4 is 0 Å². The summed E-state index contributed by atoms with van der Waals surface area (Å²) in [5.74, 6) is 0.676. The summed E-state index contributed by atoms with van der Waals surface area (Å²) >= 11 is 0. The van der Waals surface area contributed by atoms with Crippen molar-refractivity contribution in [3.63, 3.8) is 0 Å². The first-order valence-corrected chi connectivity index (χ1v) is 15.8. The summed E-state index contributed by atoms with van der Waals surface area (Å²) in [6.45, 7) is 0. The number of furan rings is 1. The normalized spacial score (nSPS) is 11.4. The van der Waals surface area contributed by atoms with Gasteiger partial charge in [0.2, 0.25) is 0 Å². The van der Waals surface area contributed by atoms with Crippen LogP contribution in [0.1, 0.15) is 0 Å². The number of hydrogen-bond donors (Lipinski definition) is 0. The van der Waals surface area contributed by atoms with E-state index >= 15 is 0 Å². The van der Waals surface area contributed by atoms with Crippen molar-refractivity contribution < 1.29 is 4.42 Å². The summed E-state index contributed by atoms with van der Waals surface area (Å²) in [7, 11) is 0. The quantitative estimate of drug-likeness (QED) is 0.197. The molecule has 2 heterocycles. The SMILES string of the molecule is c1ccc(-c2ccc(-c3cccc(-c4cccc(-c5nc(-c6ccccc6)nc6c5oc5cc7ccccc7cc56)c4)c3)cc2)cc1. The molecular formula is C44H28N2O. The molecule has 47 heavy (non-hydrogen) atoms. The van der Waals surface area contributed by atoms with Gasteiger partial charge < -0.3 is 4.42 Å². The first-order valence-electron chi connectivity index (χ1n) is 15.8. The molecule has 0 saturated carbocycles. The highest BCUT2D eigenvalue weighted by Crippen LogP contribution is 2.38. The molecule has 0 spiro atoms. The predicted octanol–water partition coefficient (Wildman–Crippen LogP) is 11.9. The molecule has 2 aromatic heterocycles. The predicted molar refractivity (Wildman–Crippen MR) is 194 cm³/mol. The lowest BCUT2D eigenvalue weighted by Gasteiger charge is -2.10. The zero-order valence-electron chi connectivity index (χ0n) is 25.5. The monoisotopic (exact) mass is 600 g/mol. The maximum atomic E-state index is 6.58. The summed E-state index contributed by atoms with van der Waals surface area (Å²) in [6.07, 6.45) is 0. The number of rotatable bonds is 5. The van der Waals surface area contributed by atoms with Gasteiger partial charge in [0.15, 0.2) is 11.4 Å². The van der Waals surface area contributed by atoms with Crippen molar-refractivity contribution in [3.8, 4) is 56.0 Å². The Kier molecular flexibility index (Phi) is 6.46. The van der Waals surface area contributed by atoms with E-state index in [9.17, 15) is 0 Å². The minimum Gasteiger partial charge on any atom is -0.452 e. The summed E-state index contributed by atoms with van der Waals surface area (Å²) < 4.78 is 6.58. The van der Waals surface area contributed by atoms with E-state index in [-0.39, 0.29) is 0 Å². The minimum atomic E-state index is 0.676. The van der Waals surface area contributed by atoms with Gasteiger partial charge in [0.1, 0.15) is 16.8 Å². The van der Waals surface area contributed by atoms with Gasteiger partial charge in [-0.05, 0) is 68.4 Å². The van der Waals surface area contributed by atoms with E-state index in [0.717, 1.165) is 55.2 Å². The third-order valence-electron chi connectivity index (χ3n) is 8.87. The summed E-state index contributed by atoms with van der Waals surface area (Å²) in [6, 6.07) is 59.3. The molecule has 0 aliphatic rings. The Bertz CT molecular complexity index is 2550. The maximum absolute atomic E-state index is 6.58. The van der Waals surface area contributed by atoms with Gasteiger partial charge in [0, 0.05) is 16.5 Å². The standard InChI is InChI=1S/C44H28N2O/c1-3-11-29(12-4-1)30-21-23-31(24-22-30)33-17-9-18-34(25-33)35-19-10-20-38(26-35)41-43-42(46-44(45-41)32-13-5-2-6-14-32)39-27-36-15-7-8-16-37(36)28-40(39)47-43/h1-28H. The van der Waals surface area contributed by atoms with E-state index in [2.05, 4.69) is 146 Å². The zero-order chi connectivity index (χ0) is 31.2. The van der Waals surface area contributed by atoms with Crippen LogP contribution in [0.5, 0.6) is 0 Å². The molecule has 7 aromatic carbocycles. The van der Waals surface area contributed by atoms with Crippen molar-refractivity contribution in [3.05, 3.63) is 170 Å². The molecule has 0 aliphatic carbocycles.